The number of thiophene rings is 1. The van der Waals surface area contributed by atoms with Gasteiger partial charge in [0.2, 0.25) is 0 Å². The number of hydrogen-bond donors (Lipinski definition) is 1. The van der Waals surface area contributed by atoms with Gasteiger partial charge >= 0.3 is 5.97 Å². The van der Waals surface area contributed by atoms with Gasteiger partial charge in [0.25, 0.3) is 0 Å². The number of hydrogen-bond acceptors (Lipinski definition) is 5. The molecule has 1 aromatic rings. The second kappa shape index (κ2) is 6.16. The Hall–Kier alpha value is -1.71. The first-order valence-electron chi connectivity index (χ1n) is 6.21. The van der Waals surface area contributed by atoms with Crippen molar-refractivity contribution in [1.29, 1.82) is 5.26 Å². The highest BCUT2D eigenvalue weighted by Gasteiger charge is 2.39. The Morgan fingerprint density at radius 2 is 2.40 bits per heavy atom. The predicted octanol–water partition coefficient (Wildman–Crippen LogP) is 2.74. The lowest BCUT2D eigenvalue weighted by Crippen LogP contribution is -2.40. The van der Waals surface area contributed by atoms with Crippen LogP contribution in [-0.4, -0.2) is 17.6 Å². The van der Waals surface area contributed by atoms with Crippen molar-refractivity contribution in [2.75, 3.05) is 6.61 Å². The average Bonchev–Trinajstić information content (AvgIpc) is 2.91. The average molecular weight is 306 g/mol. The second-order valence-electron chi connectivity index (χ2n) is 4.35. The summed E-state index contributed by atoms with van der Waals surface area (Å²) in [5.74, 6) is -1.29. The van der Waals surface area contributed by atoms with E-state index in [4.69, 9.17) is 17.0 Å². The molecular formula is C14H14N2O2S2. The summed E-state index contributed by atoms with van der Waals surface area (Å²) < 4.78 is 5.12. The molecule has 0 bridgehead atoms. The molecule has 0 radical (unpaired) electrons. The van der Waals surface area contributed by atoms with E-state index < -0.39 is 11.9 Å². The molecule has 0 fully saturated rings. The van der Waals surface area contributed by atoms with Crippen LogP contribution in [0.2, 0.25) is 0 Å². The van der Waals surface area contributed by atoms with Crippen LogP contribution in [0.1, 0.15) is 24.6 Å². The minimum absolute atomic E-state index is 0.300. The molecule has 1 aliphatic rings. The number of rotatable bonds is 3. The van der Waals surface area contributed by atoms with Crippen LogP contribution in [0.25, 0.3) is 0 Å². The van der Waals surface area contributed by atoms with Crippen LogP contribution in [-0.2, 0) is 9.53 Å². The lowest BCUT2D eigenvalue weighted by Gasteiger charge is -2.30. The fraction of sp³-hybridized carbons (Fsp3) is 0.357. The molecule has 20 heavy (non-hydrogen) atoms. The monoisotopic (exact) mass is 306 g/mol. The van der Waals surface area contributed by atoms with Gasteiger partial charge in [0.15, 0.2) is 0 Å². The number of carbonyl (C=O) groups excluding carboxylic acids is 1. The fourth-order valence-corrected chi connectivity index (χ4v) is 3.49. The molecule has 0 saturated heterocycles. The van der Waals surface area contributed by atoms with Crippen molar-refractivity contribution < 1.29 is 9.53 Å². The van der Waals surface area contributed by atoms with E-state index in [2.05, 4.69) is 11.4 Å². The topological polar surface area (TPSA) is 62.1 Å². The Morgan fingerprint density at radius 1 is 1.65 bits per heavy atom. The van der Waals surface area contributed by atoms with Gasteiger partial charge in [-0.2, -0.15) is 5.26 Å². The van der Waals surface area contributed by atoms with Crippen molar-refractivity contribution in [3.8, 4) is 6.07 Å². The summed E-state index contributed by atoms with van der Waals surface area (Å²) in [7, 11) is 0. The Kier molecular flexibility index (Phi) is 4.53. The quantitative estimate of drug-likeness (QED) is 0.687. The van der Waals surface area contributed by atoms with Gasteiger partial charge < -0.3 is 10.1 Å². The van der Waals surface area contributed by atoms with E-state index in [0.29, 0.717) is 22.9 Å². The number of nitrogens with zero attached hydrogens (tertiary/aromatic N) is 1. The summed E-state index contributed by atoms with van der Waals surface area (Å²) in [6.45, 7) is 3.85. The second-order valence-corrected chi connectivity index (χ2v) is 5.77. The van der Waals surface area contributed by atoms with Crippen molar-refractivity contribution >= 4 is 34.5 Å². The van der Waals surface area contributed by atoms with Crippen LogP contribution in [0.4, 0.5) is 0 Å². The number of nitrogens with one attached hydrogen (secondary N) is 1. The van der Waals surface area contributed by atoms with E-state index in [0.717, 1.165) is 4.88 Å². The zero-order chi connectivity index (χ0) is 14.7. The van der Waals surface area contributed by atoms with Crippen molar-refractivity contribution in [3.05, 3.63) is 33.7 Å². The van der Waals surface area contributed by atoms with Crippen LogP contribution in [0.3, 0.4) is 0 Å². The lowest BCUT2D eigenvalue weighted by atomic mass is 9.81. The molecular weight excluding hydrogens is 292 g/mol. The zero-order valence-electron chi connectivity index (χ0n) is 11.2. The minimum Gasteiger partial charge on any atom is -0.463 e. The summed E-state index contributed by atoms with van der Waals surface area (Å²) in [6.07, 6.45) is 0. The number of thiocarbonyl (C=S) groups is 1. The Bertz CT molecular complexity index is 599. The number of carbonyl (C=O) groups is 1. The molecule has 0 spiro atoms. The molecule has 4 nitrogen and oxygen atoms in total. The summed E-state index contributed by atoms with van der Waals surface area (Å²) in [4.78, 5) is 13.6. The molecule has 0 saturated carbocycles. The normalized spacial score (nSPS) is 22.1. The maximum Gasteiger partial charge on any atom is 0.336 e. The minimum atomic E-state index is -0.549. The third-order valence-corrected chi connectivity index (χ3v) is 4.44. The summed E-state index contributed by atoms with van der Waals surface area (Å²) in [5.41, 5.74) is 1.16. The van der Waals surface area contributed by atoms with E-state index in [1.807, 2.05) is 17.5 Å². The van der Waals surface area contributed by atoms with Gasteiger partial charge in [-0.1, -0.05) is 18.3 Å². The predicted molar refractivity (Wildman–Crippen MR) is 81.2 cm³/mol. The van der Waals surface area contributed by atoms with Crippen LogP contribution < -0.4 is 5.32 Å². The molecule has 2 heterocycles. The first kappa shape index (κ1) is 14.7. The summed E-state index contributed by atoms with van der Waals surface area (Å²) >= 11 is 6.75. The lowest BCUT2D eigenvalue weighted by molar-refractivity contribution is -0.139. The Labute approximate surface area is 127 Å². The molecule has 2 atom stereocenters. The van der Waals surface area contributed by atoms with Crippen LogP contribution >= 0.6 is 23.6 Å². The molecule has 2 unspecified atom stereocenters. The third-order valence-electron chi connectivity index (χ3n) is 3.13. The largest absolute Gasteiger partial charge is 0.463 e. The highest BCUT2D eigenvalue weighted by molar-refractivity contribution is 7.80. The third kappa shape index (κ3) is 2.60. The number of allylic oxidation sites excluding steroid dienone is 1. The van der Waals surface area contributed by atoms with Gasteiger partial charge in [0.1, 0.15) is 5.92 Å². The first-order chi connectivity index (χ1) is 9.60. The fourth-order valence-electron chi connectivity index (χ4n) is 2.28. The number of ether oxygens (including phenoxy) is 1. The van der Waals surface area contributed by atoms with Crippen molar-refractivity contribution in [1.82, 2.24) is 5.32 Å². The van der Waals surface area contributed by atoms with Gasteiger partial charge in [-0.25, -0.2) is 4.79 Å². The van der Waals surface area contributed by atoms with E-state index in [9.17, 15) is 10.1 Å². The number of nitriles is 1. The zero-order valence-corrected chi connectivity index (χ0v) is 12.8. The van der Waals surface area contributed by atoms with E-state index in [1.165, 1.54) is 11.3 Å². The van der Waals surface area contributed by atoms with Gasteiger partial charge in [0.05, 0.1) is 23.2 Å². The van der Waals surface area contributed by atoms with Crippen LogP contribution in [0.5, 0.6) is 0 Å². The van der Waals surface area contributed by atoms with Gasteiger partial charge in [-0.3, -0.25) is 0 Å². The summed E-state index contributed by atoms with van der Waals surface area (Å²) in [5, 5.41) is 14.3. The van der Waals surface area contributed by atoms with Gasteiger partial charge in [-0.05, 0) is 25.3 Å². The van der Waals surface area contributed by atoms with Crippen LogP contribution in [0.15, 0.2) is 28.8 Å². The number of esters is 1. The maximum absolute atomic E-state index is 12.2. The van der Waals surface area contributed by atoms with Crippen molar-refractivity contribution in [2.24, 2.45) is 5.92 Å². The van der Waals surface area contributed by atoms with E-state index >= 15 is 0 Å². The smallest absolute Gasteiger partial charge is 0.336 e. The molecule has 1 aromatic heterocycles. The summed E-state index contributed by atoms with van der Waals surface area (Å²) in [6, 6.07) is 6.02. The SMILES string of the molecule is CCOC(=O)C1=C(C)NC(=S)C(C#N)C1c1cccs1. The van der Waals surface area contributed by atoms with E-state index in [1.54, 1.807) is 13.8 Å². The van der Waals surface area contributed by atoms with E-state index in [-0.39, 0.29) is 5.92 Å². The highest BCUT2D eigenvalue weighted by atomic mass is 32.1. The molecule has 0 aromatic carbocycles. The van der Waals surface area contributed by atoms with Crippen molar-refractivity contribution in [2.45, 2.75) is 19.8 Å². The molecule has 104 valence electrons. The highest BCUT2D eigenvalue weighted by Crippen LogP contribution is 2.39. The Balaban J connectivity index is 2.53. The Morgan fingerprint density at radius 3 is 2.95 bits per heavy atom. The van der Waals surface area contributed by atoms with Gasteiger partial charge in [-0.15, -0.1) is 11.3 Å². The molecule has 1 N–H and O–H groups in total. The molecule has 6 heteroatoms. The molecule has 0 aliphatic carbocycles. The maximum atomic E-state index is 12.2. The molecule has 0 amide bonds. The molecule has 1 aliphatic heterocycles. The van der Waals surface area contributed by atoms with Gasteiger partial charge in [0, 0.05) is 16.5 Å². The molecule has 2 rings (SSSR count). The first-order valence-corrected chi connectivity index (χ1v) is 7.50. The standard InChI is InChI=1S/C14H14N2O2S2/c1-3-18-14(17)11-8(2)16-13(19)9(7-15)12(11)10-5-4-6-20-10/h4-6,9,12H,3H2,1-2H3,(H,16,19). The van der Waals surface area contributed by atoms with Crippen LogP contribution in [0, 0.1) is 17.2 Å². The van der Waals surface area contributed by atoms with Crippen molar-refractivity contribution in [3.63, 3.8) is 0 Å².